The summed E-state index contributed by atoms with van der Waals surface area (Å²) in [6.45, 7) is 5.19. The van der Waals surface area contributed by atoms with Gasteiger partial charge in [-0.05, 0) is 13.8 Å². The molecule has 1 heterocycles. The molecule has 1 atom stereocenters. The van der Waals surface area contributed by atoms with Crippen molar-refractivity contribution in [2.75, 3.05) is 33.4 Å². The molecule has 0 radical (unpaired) electrons. The number of aliphatic carboxylic acids is 1. The summed E-state index contributed by atoms with van der Waals surface area (Å²) in [5.41, 5.74) is -0.395. The van der Waals surface area contributed by atoms with E-state index >= 15 is 0 Å². The van der Waals surface area contributed by atoms with Crippen LogP contribution in [0.25, 0.3) is 0 Å². The number of hydrogen-bond donors (Lipinski definition) is 2. The van der Waals surface area contributed by atoms with E-state index in [0.717, 1.165) is 0 Å². The van der Waals surface area contributed by atoms with Crippen LogP contribution in [-0.2, 0) is 14.3 Å². The first-order valence-corrected chi connectivity index (χ1v) is 5.77. The van der Waals surface area contributed by atoms with Crippen molar-refractivity contribution in [1.29, 1.82) is 0 Å². The monoisotopic (exact) mass is 260 g/mol. The molecule has 1 aliphatic rings. The molecule has 18 heavy (non-hydrogen) atoms. The van der Waals surface area contributed by atoms with Gasteiger partial charge in [0.25, 0.3) is 0 Å². The van der Waals surface area contributed by atoms with Crippen molar-refractivity contribution >= 4 is 12.0 Å². The molecule has 0 spiro atoms. The topological polar surface area (TPSA) is 88.1 Å². The molecule has 0 bridgehead atoms. The molecule has 7 nitrogen and oxygen atoms in total. The number of urea groups is 1. The predicted octanol–water partition coefficient (Wildman–Crippen LogP) is -0.0936. The zero-order valence-electron chi connectivity index (χ0n) is 10.9. The van der Waals surface area contributed by atoms with Gasteiger partial charge in [0.05, 0.1) is 25.3 Å². The normalized spacial score (nSPS) is 20.3. The highest BCUT2D eigenvalue weighted by Crippen LogP contribution is 2.18. The number of methoxy groups -OCH3 is 1. The highest BCUT2D eigenvalue weighted by molar-refractivity contribution is 5.77. The van der Waals surface area contributed by atoms with Gasteiger partial charge in [-0.15, -0.1) is 0 Å². The standard InChI is InChI=1S/C11H20N2O5/c1-11(2)7-18-5-4-13(11)10(16)12-6-8(17-3)9(14)15/h8H,4-7H2,1-3H3,(H,12,16)(H,14,15). The Balaban J connectivity index is 2.52. The fraction of sp³-hybridized carbons (Fsp3) is 0.818. The highest BCUT2D eigenvalue weighted by atomic mass is 16.5. The number of nitrogens with zero attached hydrogens (tertiary/aromatic N) is 1. The maximum absolute atomic E-state index is 12.0. The molecule has 1 fully saturated rings. The molecule has 1 saturated heterocycles. The molecule has 1 aliphatic heterocycles. The van der Waals surface area contributed by atoms with E-state index < -0.39 is 17.6 Å². The molecule has 104 valence electrons. The summed E-state index contributed by atoms with van der Waals surface area (Å²) < 4.78 is 10.1. The van der Waals surface area contributed by atoms with E-state index in [1.807, 2.05) is 13.8 Å². The molecule has 0 saturated carbocycles. The van der Waals surface area contributed by atoms with Crippen molar-refractivity contribution in [3.05, 3.63) is 0 Å². The second-order valence-electron chi connectivity index (χ2n) is 4.77. The zero-order chi connectivity index (χ0) is 13.8. The maximum Gasteiger partial charge on any atom is 0.334 e. The fourth-order valence-corrected chi connectivity index (χ4v) is 1.78. The van der Waals surface area contributed by atoms with E-state index in [4.69, 9.17) is 14.6 Å². The highest BCUT2D eigenvalue weighted by Gasteiger charge is 2.34. The third-order valence-corrected chi connectivity index (χ3v) is 2.89. The Kier molecular flexibility index (Phi) is 4.92. The SMILES string of the molecule is COC(CNC(=O)N1CCOCC1(C)C)C(=O)O. The minimum atomic E-state index is -1.10. The van der Waals surface area contributed by atoms with Crippen LogP contribution in [-0.4, -0.2) is 67.1 Å². The molecule has 1 rings (SSSR count). The summed E-state index contributed by atoms with van der Waals surface area (Å²) in [6, 6.07) is -0.299. The lowest BCUT2D eigenvalue weighted by Crippen LogP contribution is -2.59. The number of amides is 2. The molecule has 2 N–H and O–H groups in total. The maximum atomic E-state index is 12.0. The van der Waals surface area contributed by atoms with Crippen molar-refractivity contribution < 1.29 is 24.2 Å². The number of ether oxygens (including phenoxy) is 2. The van der Waals surface area contributed by atoms with Crippen LogP contribution in [0.5, 0.6) is 0 Å². The largest absolute Gasteiger partial charge is 0.479 e. The number of morpholine rings is 1. The first kappa shape index (κ1) is 14.7. The van der Waals surface area contributed by atoms with Gasteiger partial charge < -0.3 is 24.8 Å². The van der Waals surface area contributed by atoms with Crippen LogP contribution in [0.2, 0.25) is 0 Å². The number of carboxylic acid groups (broad SMARTS) is 1. The van der Waals surface area contributed by atoms with Crippen LogP contribution in [0, 0.1) is 0 Å². The fourth-order valence-electron chi connectivity index (χ4n) is 1.78. The zero-order valence-corrected chi connectivity index (χ0v) is 10.9. The van der Waals surface area contributed by atoms with Gasteiger partial charge in [-0.2, -0.15) is 0 Å². The van der Waals surface area contributed by atoms with E-state index in [0.29, 0.717) is 19.8 Å². The van der Waals surface area contributed by atoms with Crippen LogP contribution in [0.3, 0.4) is 0 Å². The van der Waals surface area contributed by atoms with Crippen molar-refractivity contribution in [2.24, 2.45) is 0 Å². The van der Waals surface area contributed by atoms with Crippen molar-refractivity contribution in [2.45, 2.75) is 25.5 Å². The Morgan fingerprint density at radius 3 is 2.72 bits per heavy atom. The van der Waals surface area contributed by atoms with Gasteiger partial charge in [-0.1, -0.05) is 0 Å². The average molecular weight is 260 g/mol. The average Bonchev–Trinajstić information content (AvgIpc) is 2.28. The first-order chi connectivity index (χ1) is 8.38. The Morgan fingerprint density at radius 2 is 2.22 bits per heavy atom. The van der Waals surface area contributed by atoms with Gasteiger partial charge in [-0.25, -0.2) is 9.59 Å². The van der Waals surface area contributed by atoms with Gasteiger partial charge >= 0.3 is 12.0 Å². The Labute approximate surface area is 106 Å². The van der Waals surface area contributed by atoms with E-state index in [2.05, 4.69) is 5.32 Å². The number of carboxylic acids is 1. The molecule has 0 aromatic heterocycles. The van der Waals surface area contributed by atoms with Crippen molar-refractivity contribution in [3.63, 3.8) is 0 Å². The number of nitrogens with one attached hydrogen (secondary N) is 1. The minimum absolute atomic E-state index is 0.0574. The van der Waals surface area contributed by atoms with Gasteiger partial charge in [0.1, 0.15) is 0 Å². The number of carbonyl (C=O) groups excluding carboxylic acids is 1. The van der Waals surface area contributed by atoms with Crippen molar-refractivity contribution in [3.8, 4) is 0 Å². The Hall–Kier alpha value is -1.34. The summed E-state index contributed by atoms with van der Waals surface area (Å²) in [5, 5.41) is 11.4. The molecule has 0 aromatic carbocycles. The summed E-state index contributed by atoms with van der Waals surface area (Å²) in [6.07, 6.45) is -1.03. The third-order valence-electron chi connectivity index (χ3n) is 2.89. The second kappa shape index (κ2) is 6.01. The van der Waals surface area contributed by atoms with Crippen LogP contribution < -0.4 is 5.32 Å². The van der Waals surface area contributed by atoms with Gasteiger partial charge in [0.2, 0.25) is 0 Å². The van der Waals surface area contributed by atoms with Gasteiger partial charge in [-0.3, -0.25) is 0 Å². The van der Waals surface area contributed by atoms with Gasteiger partial charge in [0, 0.05) is 13.7 Å². The quantitative estimate of drug-likeness (QED) is 0.737. The van der Waals surface area contributed by atoms with Crippen LogP contribution in [0.15, 0.2) is 0 Å². The van der Waals surface area contributed by atoms with E-state index in [-0.39, 0.29) is 12.6 Å². The van der Waals surface area contributed by atoms with Crippen LogP contribution in [0.1, 0.15) is 13.8 Å². The first-order valence-electron chi connectivity index (χ1n) is 5.77. The molecule has 0 aliphatic carbocycles. The van der Waals surface area contributed by atoms with Crippen LogP contribution >= 0.6 is 0 Å². The minimum Gasteiger partial charge on any atom is -0.479 e. The number of rotatable bonds is 4. The van der Waals surface area contributed by atoms with E-state index in [1.54, 1.807) is 4.90 Å². The summed E-state index contributed by atoms with van der Waals surface area (Å²) in [7, 11) is 1.30. The predicted molar refractivity (Wildman–Crippen MR) is 63.4 cm³/mol. The molecule has 2 amide bonds. The second-order valence-corrected chi connectivity index (χ2v) is 4.77. The van der Waals surface area contributed by atoms with Crippen molar-refractivity contribution in [1.82, 2.24) is 10.2 Å². The van der Waals surface area contributed by atoms with E-state index in [1.165, 1.54) is 7.11 Å². The summed E-state index contributed by atoms with van der Waals surface area (Å²) >= 11 is 0. The van der Waals surface area contributed by atoms with E-state index in [9.17, 15) is 9.59 Å². The molecular weight excluding hydrogens is 240 g/mol. The third kappa shape index (κ3) is 3.58. The molecular formula is C11H20N2O5. The Bertz CT molecular complexity index is 319. The Morgan fingerprint density at radius 1 is 1.56 bits per heavy atom. The lowest BCUT2D eigenvalue weighted by Gasteiger charge is -2.42. The molecule has 0 aromatic rings. The lowest BCUT2D eigenvalue weighted by molar-refractivity contribution is -0.148. The lowest BCUT2D eigenvalue weighted by atomic mass is 10.0. The number of carbonyl (C=O) groups is 2. The van der Waals surface area contributed by atoms with Gasteiger partial charge in [0.15, 0.2) is 6.10 Å². The smallest absolute Gasteiger partial charge is 0.334 e. The van der Waals surface area contributed by atoms with Crippen LogP contribution in [0.4, 0.5) is 4.79 Å². The summed E-state index contributed by atoms with van der Waals surface area (Å²) in [4.78, 5) is 24.3. The number of hydrogen-bond acceptors (Lipinski definition) is 4. The molecule has 1 unspecified atom stereocenters. The molecule has 7 heteroatoms. The summed E-state index contributed by atoms with van der Waals surface area (Å²) in [5.74, 6) is -1.10.